The molecule has 0 amide bonds. The number of cyclic esters (lactones) is 1. The van der Waals surface area contributed by atoms with Gasteiger partial charge in [0.05, 0.1) is 30.6 Å². The lowest BCUT2D eigenvalue weighted by molar-refractivity contribution is -0.154. The lowest BCUT2D eigenvalue weighted by Gasteiger charge is -2.34. The predicted octanol–water partition coefficient (Wildman–Crippen LogP) is 3.80. The van der Waals surface area contributed by atoms with Crippen molar-refractivity contribution in [1.29, 1.82) is 0 Å². The molecule has 0 bridgehead atoms. The van der Waals surface area contributed by atoms with Crippen molar-refractivity contribution in [2.45, 2.75) is 92.1 Å². The van der Waals surface area contributed by atoms with Gasteiger partial charge < -0.3 is 25.1 Å². The van der Waals surface area contributed by atoms with Gasteiger partial charge in [-0.2, -0.15) is 0 Å². The molecule has 2 heterocycles. The molecule has 8 heteroatoms. The van der Waals surface area contributed by atoms with Crippen molar-refractivity contribution >= 4 is 17.8 Å². The zero-order valence-electron chi connectivity index (χ0n) is 22.4. The first-order valence-electron chi connectivity index (χ1n) is 12.9. The summed E-state index contributed by atoms with van der Waals surface area (Å²) in [7, 11) is 0. The first-order valence-corrected chi connectivity index (χ1v) is 12.9. The van der Waals surface area contributed by atoms with Gasteiger partial charge in [0.25, 0.3) is 0 Å². The number of carbonyl (C=O) groups is 2. The van der Waals surface area contributed by atoms with Crippen LogP contribution in [0.3, 0.4) is 0 Å². The van der Waals surface area contributed by atoms with Gasteiger partial charge in [-0.15, -0.1) is 0 Å². The number of aliphatic hydroxyl groups is 2. The first-order chi connectivity index (χ1) is 16.8. The van der Waals surface area contributed by atoms with Crippen LogP contribution in [0.1, 0.15) is 78.8 Å². The molecule has 7 atom stereocenters. The van der Waals surface area contributed by atoms with Crippen molar-refractivity contribution in [1.82, 2.24) is 4.98 Å². The first kappa shape index (κ1) is 28.3. The fraction of sp³-hybridized carbons (Fsp3) is 0.679. The highest BCUT2D eigenvalue weighted by atomic mass is 16.5. The summed E-state index contributed by atoms with van der Waals surface area (Å²) in [5, 5.41) is 21.8. The van der Waals surface area contributed by atoms with Crippen LogP contribution in [0.25, 0.3) is 6.08 Å². The van der Waals surface area contributed by atoms with Gasteiger partial charge in [-0.3, -0.25) is 9.59 Å². The van der Waals surface area contributed by atoms with Gasteiger partial charge in [-0.1, -0.05) is 39.3 Å². The van der Waals surface area contributed by atoms with Gasteiger partial charge >= 0.3 is 5.97 Å². The van der Waals surface area contributed by atoms with Crippen LogP contribution in [-0.4, -0.2) is 45.3 Å². The topological polar surface area (TPSA) is 136 Å². The molecule has 0 aromatic carbocycles. The van der Waals surface area contributed by atoms with E-state index in [1.807, 2.05) is 13.8 Å². The number of nitrogens with zero attached hydrogens (tertiary/aromatic N) is 1. The lowest BCUT2D eigenvalue weighted by Crippen LogP contribution is -2.46. The number of rotatable bonds is 3. The van der Waals surface area contributed by atoms with Gasteiger partial charge in [0.1, 0.15) is 23.8 Å². The van der Waals surface area contributed by atoms with Gasteiger partial charge in [-0.25, -0.2) is 4.98 Å². The van der Waals surface area contributed by atoms with E-state index in [4.69, 9.17) is 14.9 Å². The second kappa shape index (κ2) is 11.4. The molecule has 200 valence electrons. The molecular weight excluding hydrogens is 460 g/mol. The molecule has 1 fully saturated rings. The molecule has 1 saturated carbocycles. The number of hydrogen-bond donors (Lipinski definition) is 3. The number of ether oxygens (including phenoxy) is 1. The smallest absolute Gasteiger partial charge is 0.309 e. The summed E-state index contributed by atoms with van der Waals surface area (Å²) < 4.78 is 11.1. The molecule has 3 rings (SSSR count). The van der Waals surface area contributed by atoms with Crippen LogP contribution < -0.4 is 5.73 Å². The van der Waals surface area contributed by atoms with Gasteiger partial charge in [0.2, 0.25) is 5.89 Å². The molecule has 0 radical (unpaired) electrons. The van der Waals surface area contributed by atoms with Crippen LogP contribution in [0, 0.1) is 29.1 Å². The maximum atomic E-state index is 13.3. The number of nitrogens with two attached hydrogens (primary N) is 1. The van der Waals surface area contributed by atoms with Crippen LogP contribution in [0.5, 0.6) is 0 Å². The van der Waals surface area contributed by atoms with Crippen LogP contribution >= 0.6 is 0 Å². The summed E-state index contributed by atoms with van der Waals surface area (Å²) in [6, 6.07) is 0. The number of hydrogen-bond acceptors (Lipinski definition) is 8. The molecule has 1 aromatic heterocycles. The maximum Gasteiger partial charge on any atom is 0.309 e. The number of esters is 1. The Morgan fingerprint density at radius 1 is 1.25 bits per heavy atom. The Morgan fingerprint density at radius 2 is 1.94 bits per heavy atom. The van der Waals surface area contributed by atoms with Crippen molar-refractivity contribution in [3.05, 3.63) is 35.1 Å². The van der Waals surface area contributed by atoms with Crippen molar-refractivity contribution < 1.29 is 29.0 Å². The van der Waals surface area contributed by atoms with E-state index in [1.165, 1.54) is 11.8 Å². The molecule has 2 unspecified atom stereocenters. The average molecular weight is 503 g/mol. The second-order valence-electron chi connectivity index (χ2n) is 11.3. The van der Waals surface area contributed by atoms with E-state index in [2.05, 4.69) is 18.0 Å². The van der Waals surface area contributed by atoms with Crippen molar-refractivity contribution in [2.24, 2.45) is 34.8 Å². The molecular formula is C28H42N2O6. The number of oxazole rings is 1. The van der Waals surface area contributed by atoms with E-state index >= 15 is 0 Å². The second-order valence-corrected chi connectivity index (χ2v) is 11.3. The molecule has 4 N–H and O–H groups in total. The van der Waals surface area contributed by atoms with Crippen LogP contribution in [0.4, 0.5) is 0 Å². The molecule has 0 saturated heterocycles. The zero-order valence-corrected chi connectivity index (χ0v) is 22.4. The van der Waals surface area contributed by atoms with E-state index in [-0.39, 0.29) is 24.7 Å². The number of aromatic nitrogens is 1. The highest BCUT2D eigenvalue weighted by Gasteiger charge is 2.47. The molecule has 8 nitrogen and oxygen atoms in total. The minimum Gasteiger partial charge on any atom is -0.457 e. The Balaban J connectivity index is 1.88. The quantitative estimate of drug-likeness (QED) is 0.419. The van der Waals surface area contributed by atoms with Crippen LogP contribution in [-0.2, 0) is 20.9 Å². The molecule has 0 spiro atoms. The summed E-state index contributed by atoms with van der Waals surface area (Å²) in [5.41, 5.74) is 6.94. The van der Waals surface area contributed by atoms with Gasteiger partial charge in [0, 0.05) is 12.3 Å². The third kappa shape index (κ3) is 6.52. The minimum absolute atomic E-state index is 0.0219. The fourth-order valence-corrected chi connectivity index (χ4v) is 5.33. The molecule has 1 aliphatic carbocycles. The predicted molar refractivity (Wildman–Crippen MR) is 136 cm³/mol. The summed E-state index contributed by atoms with van der Waals surface area (Å²) >= 11 is 0. The fourth-order valence-electron chi connectivity index (χ4n) is 5.33. The number of carbonyl (C=O) groups excluding carboxylic acids is 2. The summed E-state index contributed by atoms with van der Waals surface area (Å²) in [6.07, 6.45) is 4.88. The summed E-state index contributed by atoms with van der Waals surface area (Å²) in [6.45, 7) is 11.1. The lowest BCUT2D eigenvalue weighted by atomic mass is 9.72. The summed E-state index contributed by atoms with van der Waals surface area (Å²) in [4.78, 5) is 30.5. The molecule has 2 aliphatic rings. The number of allylic oxidation sites excluding steroid dienone is 1. The van der Waals surface area contributed by atoms with E-state index < -0.39 is 35.6 Å². The number of Topliss-reactive ketones (excluding diaryl/α,β-unsaturated/α-hetero) is 1. The average Bonchev–Trinajstić information content (AvgIpc) is 3.44. The Bertz CT molecular complexity index is 1010. The van der Waals surface area contributed by atoms with E-state index in [0.29, 0.717) is 29.8 Å². The molecule has 1 aromatic rings. The highest BCUT2D eigenvalue weighted by Crippen LogP contribution is 2.50. The Hall–Kier alpha value is -2.29. The number of ketones is 1. The largest absolute Gasteiger partial charge is 0.457 e. The SMILES string of the molecule is C/C1=C/C[C@H](/C(C)=C/c2coc(CN)n2)OC(=O)C[C@H](O)C(C)(C)C(=O)[C@H](C)[C@@H](O)[C@@H](C)C2CC2C1. The third-order valence-corrected chi connectivity index (χ3v) is 8.11. The van der Waals surface area contributed by atoms with Crippen molar-refractivity contribution in [2.75, 3.05) is 0 Å². The van der Waals surface area contributed by atoms with Crippen molar-refractivity contribution in [3.8, 4) is 0 Å². The monoisotopic (exact) mass is 502 g/mol. The zero-order chi connectivity index (χ0) is 26.8. The van der Waals surface area contributed by atoms with Crippen molar-refractivity contribution in [3.63, 3.8) is 0 Å². The van der Waals surface area contributed by atoms with Gasteiger partial charge in [0.15, 0.2) is 0 Å². The molecule has 36 heavy (non-hydrogen) atoms. The normalized spacial score (nSPS) is 36.0. The number of fused-ring (bicyclic) bond motifs is 1. The highest BCUT2D eigenvalue weighted by molar-refractivity contribution is 5.88. The van der Waals surface area contributed by atoms with Gasteiger partial charge in [-0.05, 0) is 56.1 Å². The van der Waals surface area contributed by atoms with E-state index in [1.54, 1.807) is 26.8 Å². The van der Waals surface area contributed by atoms with E-state index in [0.717, 1.165) is 18.4 Å². The Labute approximate surface area is 214 Å². The van der Waals surface area contributed by atoms with Crippen LogP contribution in [0.15, 0.2) is 27.9 Å². The third-order valence-electron chi connectivity index (χ3n) is 8.11. The maximum absolute atomic E-state index is 13.3. The minimum atomic E-state index is -1.24. The number of aliphatic hydroxyl groups excluding tert-OH is 2. The Morgan fingerprint density at radius 3 is 2.58 bits per heavy atom. The molecule has 1 aliphatic heterocycles. The standard InChI is InChI=1S/C28H42N2O6/c1-15-7-8-22(16(2)10-20-14-35-24(13-29)30-20)36-25(32)12-23(31)28(5,6)27(34)18(4)26(33)17(3)21-11-19(21)9-15/h7,10,14,17-19,21-23,26,31,33H,8-9,11-13,29H2,1-6H3/b15-7-,16-10+/t17-,18+,19?,21?,22+,23-,26-/m0/s1. The van der Waals surface area contributed by atoms with E-state index in [9.17, 15) is 19.8 Å². The Kier molecular flexibility index (Phi) is 8.96. The summed E-state index contributed by atoms with van der Waals surface area (Å²) in [5.74, 6) is -0.275. The van der Waals surface area contributed by atoms with Crippen LogP contribution in [0.2, 0.25) is 0 Å².